The molecule has 1 aliphatic rings. The number of hydrogen-bond donors (Lipinski definition) is 1. The number of aromatic nitrogens is 2. The Balaban J connectivity index is 2.21. The van der Waals surface area contributed by atoms with E-state index in [1.165, 1.54) is 0 Å². The third-order valence-corrected chi connectivity index (χ3v) is 4.18. The van der Waals surface area contributed by atoms with Gasteiger partial charge in [0.2, 0.25) is 0 Å². The summed E-state index contributed by atoms with van der Waals surface area (Å²) in [6, 6.07) is 0.400. The summed E-state index contributed by atoms with van der Waals surface area (Å²) in [6.07, 6.45) is 3.57. The molecule has 112 valence electrons. The first-order valence-corrected chi connectivity index (χ1v) is 7.53. The lowest BCUT2D eigenvalue weighted by Gasteiger charge is -2.21. The van der Waals surface area contributed by atoms with E-state index in [0.717, 1.165) is 36.5 Å². The largest absolute Gasteiger partial charge is 0.381 e. The molecule has 1 aliphatic carbocycles. The predicted molar refractivity (Wildman–Crippen MR) is 82.5 cm³/mol. The van der Waals surface area contributed by atoms with Crippen molar-refractivity contribution in [1.82, 2.24) is 9.97 Å². The second-order valence-electron chi connectivity index (χ2n) is 6.57. The van der Waals surface area contributed by atoms with Gasteiger partial charge in [-0.1, -0.05) is 32.4 Å². The van der Waals surface area contributed by atoms with Crippen LogP contribution in [0.3, 0.4) is 0 Å². The highest BCUT2D eigenvalue weighted by molar-refractivity contribution is 6.30. The fraction of sp³-hybridized carbons (Fsp3) is 0.733. The molecule has 0 amide bonds. The molecule has 0 bridgehead atoms. The average Bonchev–Trinajstić information content (AvgIpc) is 2.81. The molecule has 1 fully saturated rings. The lowest BCUT2D eigenvalue weighted by Crippen LogP contribution is -2.22. The van der Waals surface area contributed by atoms with E-state index in [1.807, 2.05) is 6.92 Å². The molecule has 4 nitrogen and oxygen atoms in total. The molecule has 20 heavy (non-hydrogen) atoms. The summed E-state index contributed by atoms with van der Waals surface area (Å²) < 4.78 is 5.41. The van der Waals surface area contributed by atoms with Crippen molar-refractivity contribution in [2.75, 3.05) is 12.4 Å². The van der Waals surface area contributed by atoms with E-state index in [4.69, 9.17) is 16.3 Å². The number of nitrogens with one attached hydrogen (secondary N) is 1. The Hall–Kier alpha value is -0.870. The van der Waals surface area contributed by atoms with Crippen LogP contribution in [0.5, 0.6) is 0 Å². The van der Waals surface area contributed by atoms with Crippen molar-refractivity contribution in [3.8, 4) is 0 Å². The minimum atomic E-state index is -0.113. The SMILES string of the molecule is COC1CCC(Nc2nc(C(C)(C)C)nc(Cl)c2C)C1. The lowest BCUT2D eigenvalue weighted by molar-refractivity contribution is 0.108. The fourth-order valence-corrected chi connectivity index (χ4v) is 2.61. The van der Waals surface area contributed by atoms with Crippen LogP contribution in [-0.2, 0) is 10.2 Å². The molecule has 1 saturated carbocycles. The minimum absolute atomic E-state index is 0.113. The molecule has 5 heteroatoms. The van der Waals surface area contributed by atoms with Crippen LogP contribution < -0.4 is 5.32 Å². The van der Waals surface area contributed by atoms with Gasteiger partial charge in [-0.05, 0) is 26.2 Å². The molecule has 0 aliphatic heterocycles. The van der Waals surface area contributed by atoms with E-state index in [-0.39, 0.29) is 5.41 Å². The molecule has 2 rings (SSSR count). The number of rotatable bonds is 3. The Morgan fingerprint density at radius 2 is 1.95 bits per heavy atom. The number of ether oxygens (including phenoxy) is 1. The maximum atomic E-state index is 6.25. The Morgan fingerprint density at radius 1 is 1.25 bits per heavy atom. The van der Waals surface area contributed by atoms with Crippen LogP contribution >= 0.6 is 11.6 Å². The zero-order valence-electron chi connectivity index (χ0n) is 13.0. The molecule has 0 spiro atoms. The summed E-state index contributed by atoms with van der Waals surface area (Å²) in [5, 5.41) is 4.05. The Labute approximate surface area is 126 Å². The lowest BCUT2D eigenvalue weighted by atomic mass is 9.95. The number of halogens is 1. The normalized spacial score (nSPS) is 23.1. The molecule has 1 heterocycles. The standard InChI is InChI=1S/C15H24ClN3O/c1-9-12(16)18-14(15(2,3)4)19-13(9)17-10-6-7-11(8-10)20-5/h10-11H,6-8H2,1-5H3,(H,17,18,19). The van der Waals surface area contributed by atoms with Crippen LogP contribution in [0.15, 0.2) is 0 Å². The van der Waals surface area contributed by atoms with Crippen molar-refractivity contribution < 1.29 is 4.74 Å². The van der Waals surface area contributed by atoms with Crippen LogP contribution in [0.1, 0.15) is 51.4 Å². The van der Waals surface area contributed by atoms with Crippen LogP contribution in [0, 0.1) is 6.92 Å². The van der Waals surface area contributed by atoms with Crippen molar-refractivity contribution in [2.45, 2.75) is 64.5 Å². The van der Waals surface area contributed by atoms with Crippen molar-refractivity contribution in [3.05, 3.63) is 16.5 Å². The van der Waals surface area contributed by atoms with E-state index in [1.54, 1.807) is 7.11 Å². The number of nitrogens with zero attached hydrogens (tertiary/aromatic N) is 2. The minimum Gasteiger partial charge on any atom is -0.381 e. The molecular weight excluding hydrogens is 274 g/mol. The molecule has 1 aromatic heterocycles. The second kappa shape index (κ2) is 5.86. The first kappa shape index (κ1) is 15.5. The van der Waals surface area contributed by atoms with Gasteiger partial charge >= 0.3 is 0 Å². The van der Waals surface area contributed by atoms with Crippen molar-refractivity contribution >= 4 is 17.4 Å². The van der Waals surface area contributed by atoms with Gasteiger partial charge in [-0.25, -0.2) is 9.97 Å². The van der Waals surface area contributed by atoms with Crippen molar-refractivity contribution in [2.24, 2.45) is 0 Å². The quantitative estimate of drug-likeness (QED) is 0.864. The highest BCUT2D eigenvalue weighted by Crippen LogP contribution is 2.29. The summed E-state index contributed by atoms with van der Waals surface area (Å²) in [4.78, 5) is 9.07. The summed E-state index contributed by atoms with van der Waals surface area (Å²) in [6.45, 7) is 8.23. The Bertz CT molecular complexity index is 485. The number of hydrogen-bond acceptors (Lipinski definition) is 4. The van der Waals surface area contributed by atoms with E-state index < -0.39 is 0 Å². The van der Waals surface area contributed by atoms with Crippen molar-refractivity contribution in [1.29, 1.82) is 0 Å². The van der Waals surface area contributed by atoms with Gasteiger partial charge in [0, 0.05) is 24.1 Å². The third-order valence-electron chi connectivity index (χ3n) is 3.82. The second-order valence-corrected chi connectivity index (χ2v) is 6.93. The summed E-state index contributed by atoms with van der Waals surface area (Å²) in [7, 11) is 1.78. The van der Waals surface area contributed by atoms with E-state index >= 15 is 0 Å². The predicted octanol–water partition coefficient (Wildman–Crippen LogP) is 3.72. The van der Waals surface area contributed by atoms with Gasteiger partial charge in [0.1, 0.15) is 16.8 Å². The van der Waals surface area contributed by atoms with Gasteiger partial charge in [-0.15, -0.1) is 0 Å². The van der Waals surface area contributed by atoms with E-state index in [0.29, 0.717) is 17.3 Å². The van der Waals surface area contributed by atoms with Gasteiger partial charge in [-0.2, -0.15) is 0 Å². The number of methoxy groups -OCH3 is 1. The zero-order valence-corrected chi connectivity index (χ0v) is 13.7. The van der Waals surface area contributed by atoms with E-state index in [2.05, 4.69) is 36.1 Å². The average molecular weight is 298 g/mol. The van der Waals surface area contributed by atoms with Gasteiger partial charge < -0.3 is 10.1 Å². The third kappa shape index (κ3) is 3.41. The summed E-state index contributed by atoms with van der Waals surface area (Å²) >= 11 is 6.25. The van der Waals surface area contributed by atoms with Crippen LogP contribution in [-0.4, -0.2) is 29.2 Å². The monoisotopic (exact) mass is 297 g/mol. The fourth-order valence-electron chi connectivity index (χ4n) is 2.44. The van der Waals surface area contributed by atoms with Gasteiger partial charge in [0.05, 0.1) is 6.10 Å². The molecule has 0 aromatic carbocycles. The van der Waals surface area contributed by atoms with Crippen LogP contribution in [0.25, 0.3) is 0 Å². The molecule has 2 unspecified atom stereocenters. The van der Waals surface area contributed by atoms with E-state index in [9.17, 15) is 0 Å². The topological polar surface area (TPSA) is 47.0 Å². The van der Waals surface area contributed by atoms with Crippen LogP contribution in [0.2, 0.25) is 5.15 Å². The number of anilines is 1. The smallest absolute Gasteiger partial charge is 0.137 e. The van der Waals surface area contributed by atoms with Gasteiger partial charge in [0.25, 0.3) is 0 Å². The van der Waals surface area contributed by atoms with Crippen molar-refractivity contribution in [3.63, 3.8) is 0 Å². The first-order chi connectivity index (χ1) is 9.31. The van der Waals surface area contributed by atoms with Crippen LogP contribution in [0.4, 0.5) is 5.82 Å². The molecule has 0 radical (unpaired) electrons. The molecule has 1 aromatic rings. The highest BCUT2D eigenvalue weighted by Gasteiger charge is 2.26. The zero-order chi connectivity index (χ0) is 14.9. The Morgan fingerprint density at radius 3 is 2.50 bits per heavy atom. The van der Waals surface area contributed by atoms with Gasteiger partial charge in [0.15, 0.2) is 0 Å². The molecule has 2 atom stereocenters. The summed E-state index contributed by atoms with van der Waals surface area (Å²) in [5.41, 5.74) is 0.805. The maximum absolute atomic E-state index is 6.25. The highest BCUT2D eigenvalue weighted by atomic mass is 35.5. The maximum Gasteiger partial charge on any atom is 0.137 e. The Kier molecular flexibility index (Phi) is 4.55. The van der Waals surface area contributed by atoms with Gasteiger partial charge in [-0.3, -0.25) is 0 Å². The molecule has 0 saturated heterocycles. The summed E-state index contributed by atoms with van der Waals surface area (Å²) in [5.74, 6) is 1.63. The molecular formula is C15H24ClN3O. The molecule has 1 N–H and O–H groups in total. The first-order valence-electron chi connectivity index (χ1n) is 7.15.